The summed E-state index contributed by atoms with van der Waals surface area (Å²) in [6.07, 6.45) is 3.39. The van der Waals surface area contributed by atoms with Crippen LogP contribution in [-0.4, -0.2) is 29.2 Å². The first kappa shape index (κ1) is 14.1. The number of furan rings is 1. The lowest BCUT2D eigenvalue weighted by Crippen LogP contribution is -2.14. The fraction of sp³-hybridized carbons (Fsp3) is 0.267. The van der Waals surface area contributed by atoms with Gasteiger partial charge >= 0.3 is 0 Å². The van der Waals surface area contributed by atoms with Crippen LogP contribution in [0.2, 0.25) is 0 Å². The highest BCUT2D eigenvalue weighted by Crippen LogP contribution is 2.21. The van der Waals surface area contributed by atoms with Gasteiger partial charge < -0.3 is 19.2 Å². The maximum atomic E-state index is 5.27. The first-order valence-corrected chi connectivity index (χ1v) is 6.88. The van der Waals surface area contributed by atoms with Gasteiger partial charge in [0, 0.05) is 31.9 Å². The summed E-state index contributed by atoms with van der Waals surface area (Å²) in [4.78, 5) is 10.7. The topological polar surface area (TPSA) is 80.2 Å². The summed E-state index contributed by atoms with van der Waals surface area (Å²) in [6, 6.07) is 5.45. The van der Waals surface area contributed by atoms with Crippen LogP contribution in [0.4, 0.5) is 11.8 Å². The maximum Gasteiger partial charge on any atom is 0.224 e. The van der Waals surface area contributed by atoms with E-state index < -0.39 is 0 Å². The predicted octanol–water partition coefficient (Wildman–Crippen LogP) is 2.71. The van der Waals surface area contributed by atoms with Crippen molar-refractivity contribution >= 4 is 11.8 Å². The van der Waals surface area contributed by atoms with E-state index in [0.717, 1.165) is 17.1 Å². The monoisotopic (exact) mass is 299 g/mol. The Kier molecular flexibility index (Phi) is 3.78. The summed E-state index contributed by atoms with van der Waals surface area (Å²) >= 11 is 0. The van der Waals surface area contributed by atoms with Crippen molar-refractivity contribution in [1.29, 1.82) is 0 Å². The van der Waals surface area contributed by atoms with E-state index in [1.54, 1.807) is 18.5 Å². The second-order valence-electron chi connectivity index (χ2n) is 5.11. The van der Waals surface area contributed by atoms with Gasteiger partial charge in [0.15, 0.2) is 5.76 Å². The number of anilines is 2. The molecule has 0 fully saturated rings. The van der Waals surface area contributed by atoms with Crippen LogP contribution < -0.4 is 10.2 Å². The van der Waals surface area contributed by atoms with Crippen LogP contribution in [0.25, 0.3) is 11.5 Å². The summed E-state index contributed by atoms with van der Waals surface area (Å²) in [6.45, 7) is 2.45. The predicted molar refractivity (Wildman–Crippen MR) is 82.6 cm³/mol. The van der Waals surface area contributed by atoms with Gasteiger partial charge in [-0.1, -0.05) is 5.16 Å². The number of hydrogen-bond acceptors (Lipinski definition) is 7. The van der Waals surface area contributed by atoms with E-state index in [9.17, 15) is 0 Å². The average molecular weight is 299 g/mol. The molecule has 0 amide bonds. The Morgan fingerprint density at radius 3 is 2.86 bits per heavy atom. The van der Waals surface area contributed by atoms with Crippen molar-refractivity contribution in [2.45, 2.75) is 13.5 Å². The Hall–Kier alpha value is -2.83. The molecular formula is C15H17N5O2. The second-order valence-corrected chi connectivity index (χ2v) is 5.11. The molecule has 0 unspecified atom stereocenters. The zero-order valence-electron chi connectivity index (χ0n) is 12.7. The van der Waals surface area contributed by atoms with E-state index in [0.29, 0.717) is 24.0 Å². The molecule has 0 atom stereocenters. The molecule has 0 aliphatic carbocycles. The molecule has 0 saturated carbocycles. The smallest absolute Gasteiger partial charge is 0.224 e. The molecule has 0 saturated heterocycles. The van der Waals surface area contributed by atoms with Gasteiger partial charge in [0.1, 0.15) is 11.5 Å². The Bertz CT molecular complexity index is 749. The van der Waals surface area contributed by atoms with Crippen molar-refractivity contribution in [1.82, 2.24) is 15.1 Å². The highest BCUT2D eigenvalue weighted by molar-refractivity contribution is 5.50. The lowest BCUT2D eigenvalue weighted by molar-refractivity contribution is 0.411. The Morgan fingerprint density at radius 1 is 1.27 bits per heavy atom. The summed E-state index contributed by atoms with van der Waals surface area (Å²) in [5, 5.41) is 7.14. The first-order valence-electron chi connectivity index (χ1n) is 6.88. The normalized spacial score (nSPS) is 10.7. The third kappa shape index (κ3) is 2.93. The summed E-state index contributed by atoms with van der Waals surface area (Å²) in [5.74, 6) is 2.69. The standard InChI is InChI=1S/C15H17N5O2/c1-10-8-16-15(18-14(10)20(2)3)17-9-11-7-13(22-19-11)12-5-4-6-21-12/h4-8H,9H2,1-3H3,(H,16,17,18). The summed E-state index contributed by atoms with van der Waals surface area (Å²) < 4.78 is 10.5. The Morgan fingerprint density at radius 2 is 2.14 bits per heavy atom. The highest BCUT2D eigenvalue weighted by Gasteiger charge is 2.10. The molecule has 3 aromatic heterocycles. The number of rotatable bonds is 5. The lowest BCUT2D eigenvalue weighted by Gasteiger charge is -2.14. The van der Waals surface area contributed by atoms with Gasteiger partial charge in [-0.3, -0.25) is 0 Å². The van der Waals surface area contributed by atoms with Crippen molar-refractivity contribution in [3.05, 3.63) is 41.9 Å². The number of hydrogen-bond donors (Lipinski definition) is 1. The molecule has 0 aliphatic heterocycles. The van der Waals surface area contributed by atoms with Crippen LogP contribution in [-0.2, 0) is 6.54 Å². The van der Waals surface area contributed by atoms with E-state index in [4.69, 9.17) is 8.94 Å². The fourth-order valence-corrected chi connectivity index (χ4v) is 2.07. The van der Waals surface area contributed by atoms with Crippen LogP contribution in [0.15, 0.2) is 39.6 Å². The van der Waals surface area contributed by atoms with Crippen LogP contribution in [0, 0.1) is 6.92 Å². The third-order valence-corrected chi connectivity index (χ3v) is 3.12. The minimum atomic E-state index is 0.472. The Balaban J connectivity index is 1.69. The van der Waals surface area contributed by atoms with Gasteiger partial charge in [-0.15, -0.1) is 0 Å². The van der Waals surface area contributed by atoms with Crippen molar-refractivity contribution in [2.24, 2.45) is 0 Å². The second kappa shape index (κ2) is 5.88. The van der Waals surface area contributed by atoms with E-state index in [1.807, 2.05) is 38.1 Å². The van der Waals surface area contributed by atoms with Gasteiger partial charge in [-0.05, 0) is 19.1 Å². The molecule has 0 aliphatic rings. The van der Waals surface area contributed by atoms with Gasteiger partial charge in [0.2, 0.25) is 11.7 Å². The van der Waals surface area contributed by atoms with Crippen LogP contribution in [0.5, 0.6) is 0 Å². The van der Waals surface area contributed by atoms with Gasteiger partial charge in [-0.2, -0.15) is 4.98 Å². The van der Waals surface area contributed by atoms with E-state index >= 15 is 0 Å². The molecule has 3 aromatic rings. The van der Waals surface area contributed by atoms with Gasteiger partial charge in [-0.25, -0.2) is 4.98 Å². The molecular weight excluding hydrogens is 282 g/mol. The Labute approximate surface area is 128 Å². The molecule has 0 radical (unpaired) electrons. The maximum absolute atomic E-state index is 5.27. The molecule has 7 heteroatoms. The van der Waals surface area contributed by atoms with E-state index in [-0.39, 0.29) is 0 Å². The van der Waals surface area contributed by atoms with Crippen LogP contribution in [0.1, 0.15) is 11.3 Å². The van der Waals surface area contributed by atoms with Crippen molar-refractivity contribution in [3.8, 4) is 11.5 Å². The molecule has 3 heterocycles. The molecule has 0 aromatic carbocycles. The quantitative estimate of drug-likeness (QED) is 0.775. The number of aryl methyl sites for hydroxylation is 1. The molecule has 114 valence electrons. The van der Waals surface area contributed by atoms with E-state index in [1.165, 1.54) is 0 Å². The minimum Gasteiger partial charge on any atom is -0.461 e. The van der Waals surface area contributed by atoms with Crippen LogP contribution in [0.3, 0.4) is 0 Å². The first-order chi connectivity index (χ1) is 10.6. The average Bonchev–Trinajstić information content (AvgIpc) is 3.17. The zero-order chi connectivity index (χ0) is 15.5. The van der Waals surface area contributed by atoms with Crippen molar-refractivity contribution in [3.63, 3.8) is 0 Å². The highest BCUT2D eigenvalue weighted by atomic mass is 16.5. The largest absolute Gasteiger partial charge is 0.461 e. The van der Waals surface area contributed by atoms with Crippen LogP contribution >= 0.6 is 0 Å². The minimum absolute atomic E-state index is 0.472. The number of aromatic nitrogens is 3. The molecule has 7 nitrogen and oxygen atoms in total. The molecule has 3 rings (SSSR count). The van der Waals surface area contributed by atoms with Crippen molar-refractivity contribution < 1.29 is 8.94 Å². The van der Waals surface area contributed by atoms with Gasteiger partial charge in [0.05, 0.1) is 12.8 Å². The fourth-order valence-electron chi connectivity index (χ4n) is 2.07. The number of nitrogens with zero attached hydrogens (tertiary/aromatic N) is 4. The lowest BCUT2D eigenvalue weighted by atomic mass is 10.3. The summed E-state index contributed by atoms with van der Waals surface area (Å²) in [7, 11) is 3.90. The molecule has 22 heavy (non-hydrogen) atoms. The van der Waals surface area contributed by atoms with Gasteiger partial charge in [0.25, 0.3) is 0 Å². The van der Waals surface area contributed by atoms with E-state index in [2.05, 4.69) is 20.4 Å². The zero-order valence-corrected chi connectivity index (χ0v) is 12.7. The molecule has 0 spiro atoms. The van der Waals surface area contributed by atoms with Crippen molar-refractivity contribution in [2.75, 3.05) is 24.3 Å². The third-order valence-electron chi connectivity index (χ3n) is 3.12. The molecule has 1 N–H and O–H groups in total. The molecule has 0 bridgehead atoms. The summed E-state index contributed by atoms with van der Waals surface area (Å²) in [5.41, 5.74) is 1.78. The number of nitrogens with one attached hydrogen (secondary N) is 1. The SMILES string of the molecule is Cc1cnc(NCc2cc(-c3ccco3)on2)nc1N(C)C.